The molecule has 0 saturated heterocycles. The van der Waals surface area contributed by atoms with Gasteiger partial charge in [0.1, 0.15) is 11.6 Å². The summed E-state index contributed by atoms with van der Waals surface area (Å²) in [5, 5.41) is 0. The molecule has 1 aromatic heterocycles. The Kier molecular flexibility index (Phi) is 3.63. The lowest BCUT2D eigenvalue weighted by Gasteiger charge is -2.04. The second-order valence-electron chi connectivity index (χ2n) is 3.08. The number of anilines is 1. The van der Waals surface area contributed by atoms with Crippen molar-refractivity contribution in [3.8, 4) is 11.1 Å². The van der Waals surface area contributed by atoms with Crippen LogP contribution in [0.1, 0.15) is 5.82 Å². The number of nitrogen functional groups attached to an aromatic ring is 1. The van der Waals surface area contributed by atoms with Crippen molar-refractivity contribution in [2.45, 2.75) is 6.92 Å². The van der Waals surface area contributed by atoms with Gasteiger partial charge in [0, 0.05) is 11.8 Å². The standard InChI is InChI=1S/C11H11N3.ClH/c1-8-13-7-10(11(12)14-8)9-5-3-2-4-6-9;/h2-7H,1H3,(H2,12,13,14);1H. The highest BCUT2D eigenvalue weighted by molar-refractivity contribution is 5.85. The molecular weight excluding hydrogens is 210 g/mol. The summed E-state index contributed by atoms with van der Waals surface area (Å²) in [4.78, 5) is 8.24. The van der Waals surface area contributed by atoms with Gasteiger partial charge in [-0.3, -0.25) is 0 Å². The van der Waals surface area contributed by atoms with Crippen LogP contribution in [0.2, 0.25) is 0 Å². The quantitative estimate of drug-likeness (QED) is 0.805. The Morgan fingerprint density at radius 1 is 1.13 bits per heavy atom. The van der Waals surface area contributed by atoms with Crippen LogP contribution in [-0.2, 0) is 0 Å². The van der Waals surface area contributed by atoms with Gasteiger partial charge in [-0.15, -0.1) is 12.4 Å². The minimum Gasteiger partial charge on any atom is -0.383 e. The topological polar surface area (TPSA) is 51.8 Å². The van der Waals surface area contributed by atoms with Crippen LogP contribution in [0.5, 0.6) is 0 Å². The first-order valence-corrected chi connectivity index (χ1v) is 4.42. The van der Waals surface area contributed by atoms with Gasteiger partial charge in [0.05, 0.1) is 0 Å². The number of nitrogens with two attached hydrogens (primary N) is 1. The molecule has 0 aliphatic carbocycles. The smallest absolute Gasteiger partial charge is 0.135 e. The Balaban J connectivity index is 0.00000112. The molecule has 0 fully saturated rings. The zero-order valence-electron chi connectivity index (χ0n) is 8.34. The Morgan fingerprint density at radius 2 is 1.80 bits per heavy atom. The summed E-state index contributed by atoms with van der Waals surface area (Å²) in [5.41, 5.74) is 7.73. The molecule has 3 nitrogen and oxygen atoms in total. The van der Waals surface area contributed by atoms with Gasteiger partial charge in [0.15, 0.2) is 0 Å². The van der Waals surface area contributed by atoms with Gasteiger partial charge in [-0.25, -0.2) is 9.97 Å². The lowest BCUT2D eigenvalue weighted by atomic mass is 10.1. The van der Waals surface area contributed by atoms with Crippen LogP contribution in [0, 0.1) is 6.92 Å². The van der Waals surface area contributed by atoms with E-state index < -0.39 is 0 Å². The fourth-order valence-corrected chi connectivity index (χ4v) is 1.33. The Bertz CT molecular complexity index is 443. The van der Waals surface area contributed by atoms with Crippen LogP contribution in [0.15, 0.2) is 36.5 Å². The molecule has 2 N–H and O–H groups in total. The average molecular weight is 222 g/mol. The molecule has 0 saturated carbocycles. The molecule has 1 aromatic carbocycles. The van der Waals surface area contributed by atoms with Crippen molar-refractivity contribution >= 4 is 18.2 Å². The number of hydrogen-bond donors (Lipinski definition) is 1. The number of nitrogens with zero attached hydrogens (tertiary/aromatic N) is 2. The largest absolute Gasteiger partial charge is 0.383 e. The predicted molar refractivity (Wildman–Crippen MR) is 63.9 cm³/mol. The minimum atomic E-state index is 0. The third-order valence-corrected chi connectivity index (χ3v) is 2.02. The van der Waals surface area contributed by atoms with Crippen molar-refractivity contribution < 1.29 is 0 Å². The molecule has 0 aliphatic rings. The van der Waals surface area contributed by atoms with Crippen LogP contribution in [-0.4, -0.2) is 9.97 Å². The van der Waals surface area contributed by atoms with E-state index in [0.29, 0.717) is 11.6 Å². The van der Waals surface area contributed by atoms with Crippen LogP contribution in [0.3, 0.4) is 0 Å². The molecule has 2 aromatic rings. The average Bonchev–Trinajstić information content (AvgIpc) is 2.19. The molecule has 2 rings (SSSR count). The Labute approximate surface area is 94.8 Å². The van der Waals surface area contributed by atoms with Crippen molar-refractivity contribution in [2.24, 2.45) is 0 Å². The summed E-state index contributed by atoms with van der Waals surface area (Å²) in [6.07, 6.45) is 1.76. The lowest BCUT2D eigenvalue weighted by Crippen LogP contribution is -1.97. The number of benzene rings is 1. The summed E-state index contributed by atoms with van der Waals surface area (Å²) in [5.74, 6) is 1.23. The summed E-state index contributed by atoms with van der Waals surface area (Å²) in [6.45, 7) is 1.82. The van der Waals surface area contributed by atoms with E-state index in [-0.39, 0.29) is 12.4 Å². The first-order valence-electron chi connectivity index (χ1n) is 4.42. The molecule has 0 aliphatic heterocycles. The Hall–Kier alpha value is -1.61. The zero-order valence-corrected chi connectivity index (χ0v) is 9.16. The monoisotopic (exact) mass is 221 g/mol. The van der Waals surface area contributed by atoms with Gasteiger partial charge in [0.25, 0.3) is 0 Å². The van der Waals surface area contributed by atoms with E-state index in [9.17, 15) is 0 Å². The van der Waals surface area contributed by atoms with Crippen molar-refractivity contribution in [1.82, 2.24) is 9.97 Å². The van der Waals surface area contributed by atoms with E-state index in [1.54, 1.807) is 6.20 Å². The van der Waals surface area contributed by atoms with Crippen LogP contribution in [0.25, 0.3) is 11.1 Å². The fraction of sp³-hybridized carbons (Fsp3) is 0.0909. The van der Waals surface area contributed by atoms with Gasteiger partial charge in [0.2, 0.25) is 0 Å². The fourth-order valence-electron chi connectivity index (χ4n) is 1.33. The van der Waals surface area contributed by atoms with E-state index in [2.05, 4.69) is 9.97 Å². The SMILES string of the molecule is Cc1ncc(-c2ccccc2)c(N)n1.Cl. The first kappa shape index (κ1) is 11.5. The number of aryl methyl sites for hydroxylation is 1. The molecule has 0 bridgehead atoms. The van der Waals surface area contributed by atoms with Crippen molar-refractivity contribution in [3.63, 3.8) is 0 Å². The molecule has 1 heterocycles. The summed E-state index contributed by atoms with van der Waals surface area (Å²) in [6, 6.07) is 9.88. The summed E-state index contributed by atoms with van der Waals surface area (Å²) in [7, 11) is 0. The summed E-state index contributed by atoms with van der Waals surface area (Å²) >= 11 is 0. The second kappa shape index (κ2) is 4.75. The molecule has 4 heteroatoms. The zero-order chi connectivity index (χ0) is 9.97. The summed E-state index contributed by atoms with van der Waals surface area (Å²) < 4.78 is 0. The molecule has 0 amide bonds. The van der Waals surface area contributed by atoms with Crippen molar-refractivity contribution in [1.29, 1.82) is 0 Å². The normalized spacial score (nSPS) is 9.40. The van der Waals surface area contributed by atoms with Crippen molar-refractivity contribution in [3.05, 3.63) is 42.4 Å². The predicted octanol–water partition coefficient (Wildman–Crippen LogP) is 2.46. The third-order valence-electron chi connectivity index (χ3n) is 2.02. The minimum absolute atomic E-state index is 0. The maximum Gasteiger partial charge on any atom is 0.135 e. The van der Waals surface area contributed by atoms with Gasteiger partial charge in [-0.05, 0) is 12.5 Å². The molecule has 0 atom stereocenters. The molecule has 0 spiro atoms. The first-order chi connectivity index (χ1) is 6.77. The number of aromatic nitrogens is 2. The van der Waals surface area contributed by atoms with E-state index >= 15 is 0 Å². The van der Waals surface area contributed by atoms with Crippen LogP contribution < -0.4 is 5.73 Å². The molecule has 78 valence electrons. The van der Waals surface area contributed by atoms with Gasteiger partial charge >= 0.3 is 0 Å². The van der Waals surface area contributed by atoms with E-state index in [4.69, 9.17) is 5.73 Å². The highest BCUT2D eigenvalue weighted by atomic mass is 35.5. The second-order valence-corrected chi connectivity index (χ2v) is 3.08. The highest BCUT2D eigenvalue weighted by Gasteiger charge is 2.03. The van der Waals surface area contributed by atoms with E-state index in [0.717, 1.165) is 11.1 Å². The number of hydrogen-bond acceptors (Lipinski definition) is 3. The van der Waals surface area contributed by atoms with Gasteiger partial charge < -0.3 is 5.73 Å². The number of halogens is 1. The molecule has 15 heavy (non-hydrogen) atoms. The molecule has 0 unspecified atom stereocenters. The van der Waals surface area contributed by atoms with Crippen LogP contribution in [0.4, 0.5) is 5.82 Å². The van der Waals surface area contributed by atoms with Crippen LogP contribution >= 0.6 is 12.4 Å². The van der Waals surface area contributed by atoms with E-state index in [1.165, 1.54) is 0 Å². The lowest BCUT2D eigenvalue weighted by molar-refractivity contribution is 1.06. The maximum absolute atomic E-state index is 5.80. The molecular formula is C11H12ClN3. The maximum atomic E-state index is 5.80. The number of rotatable bonds is 1. The van der Waals surface area contributed by atoms with Gasteiger partial charge in [-0.1, -0.05) is 30.3 Å². The third kappa shape index (κ3) is 2.44. The van der Waals surface area contributed by atoms with Crippen molar-refractivity contribution in [2.75, 3.05) is 5.73 Å². The Morgan fingerprint density at radius 3 is 2.40 bits per heavy atom. The van der Waals surface area contributed by atoms with Gasteiger partial charge in [-0.2, -0.15) is 0 Å². The highest BCUT2D eigenvalue weighted by Crippen LogP contribution is 2.22. The molecule has 0 radical (unpaired) electrons. The van der Waals surface area contributed by atoms with E-state index in [1.807, 2.05) is 37.3 Å².